The SMILES string of the molecule is Nc1ncccc1-c1nc2ccc(-c3ccccc3)nc2n1-c1ccc(CNC2CCCNCC2)cc1. The molecule has 3 aromatic heterocycles. The fourth-order valence-corrected chi connectivity index (χ4v) is 5.01. The number of nitrogens with one attached hydrogen (secondary N) is 2. The summed E-state index contributed by atoms with van der Waals surface area (Å²) in [5, 5.41) is 7.22. The Labute approximate surface area is 216 Å². The van der Waals surface area contributed by atoms with Crippen LogP contribution in [-0.4, -0.2) is 38.7 Å². The molecule has 1 saturated heterocycles. The third kappa shape index (κ3) is 4.96. The van der Waals surface area contributed by atoms with Crippen molar-refractivity contribution in [2.24, 2.45) is 0 Å². The Morgan fingerprint density at radius 2 is 1.76 bits per heavy atom. The Balaban J connectivity index is 1.39. The maximum atomic E-state index is 6.29. The molecule has 5 aromatic rings. The van der Waals surface area contributed by atoms with Gasteiger partial charge in [0.05, 0.1) is 11.3 Å². The number of hydrogen-bond acceptors (Lipinski definition) is 6. The second kappa shape index (κ2) is 10.5. The molecule has 0 bridgehead atoms. The number of aromatic nitrogens is 4. The molecule has 7 heteroatoms. The largest absolute Gasteiger partial charge is 0.383 e. The van der Waals surface area contributed by atoms with Crippen molar-refractivity contribution in [3.05, 3.63) is 90.6 Å². The summed E-state index contributed by atoms with van der Waals surface area (Å²) in [6.45, 7) is 3.06. The molecule has 0 spiro atoms. The first kappa shape index (κ1) is 23.3. The lowest BCUT2D eigenvalue weighted by atomic mass is 10.1. The smallest absolute Gasteiger partial charge is 0.165 e. The summed E-state index contributed by atoms with van der Waals surface area (Å²) in [5.41, 5.74) is 12.9. The molecule has 4 N–H and O–H groups in total. The fourth-order valence-electron chi connectivity index (χ4n) is 5.01. The third-order valence-corrected chi connectivity index (χ3v) is 7.02. The van der Waals surface area contributed by atoms with Gasteiger partial charge in [-0.05, 0) is 74.3 Å². The standard InChI is InChI=1S/C30H31N7/c31-28-25(9-5-18-33-28)29-36-27-15-14-26(22-6-2-1-3-7-22)35-30(27)37(29)24-12-10-21(11-13-24)20-34-23-8-4-17-32-19-16-23/h1-3,5-7,9-15,18,23,32,34H,4,8,16-17,19-20H2,(H2,31,33). The van der Waals surface area contributed by atoms with E-state index in [4.69, 9.17) is 15.7 Å². The van der Waals surface area contributed by atoms with Crippen molar-refractivity contribution in [2.45, 2.75) is 31.8 Å². The Kier molecular flexibility index (Phi) is 6.62. The second-order valence-corrected chi connectivity index (χ2v) is 9.54. The zero-order valence-corrected chi connectivity index (χ0v) is 20.8. The van der Waals surface area contributed by atoms with Crippen LogP contribution in [0.2, 0.25) is 0 Å². The van der Waals surface area contributed by atoms with Gasteiger partial charge in [-0.3, -0.25) is 4.57 Å². The number of pyridine rings is 2. The molecule has 0 amide bonds. The summed E-state index contributed by atoms with van der Waals surface area (Å²) < 4.78 is 2.09. The quantitative estimate of drug-likeness (QED) is 0.312. The lowest BCUT2D eigenvalue weighted by Crippen LogP contribution is -2.29. The van der Waals surface area contributed by atoms with E-state index in [1.807, 2.05) is 42.5 Å². The lowest BCUT2D eigenvalue weighted by Gasteiger charge is -2.16. The van der Waals surface area contributed by atoms with Crippen LogP contribution in [0.4, 0.5) is 5.82 Å². The number of anilines is 1. The molecule has 2 aromatic carbocycles. The maximum absolute atomic E-state index is 6.29. The maximum Gasteiger partial charge on any atom is 0.165 e. The van der Waals surface area contributed by atoms with Crippen molar-refractivity contribution in [1.82, 2.24) is 30.2 Å². The first-order chi connectivity index (χ1) is 18.3. The Hall–Kier alpha value is -4.07. The van der Waals surface area contributed by atoms with E-state index in [1.165, 1.54) is 24.8 Å². The minimum atomic E-state index is 0.445. The van der Waals surface area contributed by atoms with E-state index in [1.54, 1.807) is 6.20 Å². The van der Waals surface area contributed by atoms with E-state index in [0.29, 0.717) is 11.9 Å². The van der Waals surface area contributed by atoms with Crippen LogP contribution in [0.3, 0.4) is 0 Å². The predicted molar refractivity (Wildman–Crippen MR) is 149 cm³/mol. The van der Waals surface area contributed by atoms with Crippen molar-refractivity contribution < 1.29 is 0 Å². The van der Waals surface area contributed by atoms with Gasteiger partial charge in [0.25, 0.3) is 0 Å². The van der Waals surface area contributed by atoms with Gasteiger partial charge >= 0.3 is 0 Å². The summed E-state index contributed by atoms with van der Waals surface area (Å²) in [4.78, 5) is 14.3. The molecular weight excluding hydrogens is 458 g/mol. The Morgan fingerprint density at radius 3 is 2.59 bits per heavy atom. The number of nitrogen functional groups attached to an aromatic ring is 1. The molecule has 186 valence electrons. The van der Waals surface area contributed by atoms with Crippen LogP contribution in [0.5, 0.6) is 0 Å². The molecule has 1 fully saturated rings. The first-order valence-corrected chi connectivity index (χ1v) is 13.0. The van der Waals surface area contributed by atoms with Crippen molar-refractivity contribution in [1.29, 1.82) is 0 Å². The highest BCUT2D eigenvalue weighted by Gasteiger charge is 2.19. The van der Waals surface area contributed by atoms with Crippen molar-refractivity contribution in [3.63, 3.8) is 0 Å². The number of imidazole rings is 1. The molecule has 1 unspecified atom stereocenters. The minimum absolute atomic E-state index is 0.445. The average Bonchev–Trinajstić information content (AvgIpc) is 3.11. The summed E-state index contributed by atoms with van der Waals surface area (Å²) in [6, 6.07) is 27.3. The zero-order chi connectivity index (χ0) is 25.0. The van der Waals surface area contributed by atoms with Crippen LogP contribution >= 0.6 is 0 Å². The summed E-state index contributed by atoms with van der Waals surface area (Å²) in [7, 11) is 0. The molecule has 37 heavy (non-hydrogen) atoms. The van der Waals surface area contributed by atoms with Gasteiger partial charge in [0.2, 0.25) is 0 Å². The number of rotatable bonds is 6. The van der Waals surface area contributed by atoms with Crippen LogP contribution in [-0.2, 0) is 6.54 Å². The first-order valence-electron chi connectivity index (χ1n) is 13.0. The van der Waals surface area contributed by atoms with Gasteiger partial charge in [-0.25, -0.2) is 15.0 Å². The number of nitrogens with zero attached hydrogens (tertiary/aromatic N) is 4. The monoisotopic (exact) mass is 489 g/mol. The van der Waals surface area contributed by atoms with Crippen LogP contribution < -0.4 is 16.4 Å². The van der Waals surface area contributed by atoms with Crippen LogP contribution in [0.25, 0.3) is 39.5 Å². The van der Waals surface area contributed by atoms with Gasteiger partial charge in [0.1, 0.15) is 11.3 Å². The van der Waals surface area contributed by atoms with Gasteiger partial charge in [-0.15, -0.1) is 0 Å². The number of benzene rings is 2. The topological polar surface area (TPSA) is 93.7 Å². The van der Waals surface area contributed by atoms with Gasteiger partial charge in [0.15, 0.2) is 11.5 Å². The van der Waals surface area contributed by atoms with Gasteiger partial charge in [-0.2, -0.15) is 0 Å². The molecule has 6 rings (SSSR count). The molecule has 0 aliphatic carbocycles. The van der Waals surface area contributed by atoms with Gasteiger partial charge in [-0.1, -0.05) is 42.5 Å². The van der Waals surface area contributed by atoms with E-state index in [2.05, 4.69) is 56.6 Å². The highest BCUT2D eigenvalue weighted by Crippen LogP contribution is 2.31. The summed E-state index contributed by atoms with van der Waals surface area (Å²) in [6.07, 6.45) is 5.31. The van der Waals surface area contributed by atoms with Crippen molar-refractivity contribution in [3.8, 4) is 28.3 Å². The summed E-state index contributed by atoms with van der Waals surface area (Å²) in [5.74, 6) is 1.18. The average molecular weight is 490 g/mol. The third-order valence-electron chi connectivity index (χ3n) is 7.02. The van der Waals surface area contributed by atoms with Crippen molar-refractivity contribution in [2.75, 3.05) is 18.8 Å². The van der Waals surface area contributed by atoms with Crippen LogP contribution in [0.15, 0.2) is 85.1 Å². The van der Waals surface area contributed by atoms with E-state index in [9.17, 15) is 0 Å². The van der Waals surface area contributed by atoms with Gasteiger partial charge < -0.3 is 16.4 Å². The molecule has 1 atom stereocenters. The van der Waals surface area contributed by atoms with Crippen LogP contribution in [0, 0.1) is 0 Å². The Bertz CT molecular complexity index is 1480. The van der Waals surface area contributed by atoms with Crippen LogP contribution in [0.1, 0.15) is 24.8 Å². The van der Waals surface area contributed by atoms with E-state index < -0.39 is 0 Å². The molecule has 1 aliphatic heterocycles. The number of nitrogens with two attached hydrogens (primary N) is 1. The number of hydrogen-bond donors (Lipinski definition) is 3. The Morgan fingerprint density at radius 1 is 0.892 bits per heavy atom. The normalized spacial score (nSPS) is 16.1. The molecule has 0 saturated carbocycles. The van der Waals surface area contributed by atoms with E-state index in [0.717, 1.165) is 59.1 Å². The van der Waals surface area contributed by atoms with E-state index >= 15 is 0 Å². The highest BCUT2D eigenvalue weighted by atomic mass is 15.1. The second-order valence-electron chi connectivity index (χ2n) is 9.54. The molecule has 4 heterocycles. The lowest BCUT2D eigenvalue weighted by molar-refractivity contribution is 0.468. The van der Waals surface area contributed by atoms with Gasteiger partial charge in [0, 0.05) is 30.0 Å². The fraction of sp³-hybridized carbons (Fsp3) is 0.233. The molecular formula is C30H31N7. The predicted octanol–water partition coefficient (Wildman–Crippen LogP) is 4.96. The minimum Gasteiger partial charge on any atom is -0.383 e. The molecule has 7 nitrogen and oxygen atoms in total. The zero-order valence-electron chi connectivity index (χ0n) is 20.8. The summed E-state index contributed by atoms with van der Waals surface area (Å²) >= 11 is 0. The van der Waals surface area contributed by atoms with E-state index in [-0.39, 0.29) is 0 Å². The molecule has 0 radical (unpaired) electrons. The van der Waals surface area contributed by atoms with Crippen molar-refractivity contribution >= 4 is 17.0 Å². The molecule has 1 aliphatic rings. The number of fused-ring (bicyclic) bond motifs is 1. The highest BCUT2D eigenvalue weighted by molar-refractivity contribution is 5.84.